The topological polar surface area (TPSA) is 34.5 Å². The number of benzene rings is 1. The Morgan fingerprint density at radius 1 is 0.893 bits per heavy atom. The van der Waals surface area contributed by atoms with Crippen molar-refractivity contribution in [2.75, 3.05) is 13.1 Å². The third-order valence-electron chi connectivity index (χ3n) is 6.30. The van der Waals surface area contributed by atoms with E-state index in [1.807, 2.05) is 26.1 Å². The van der Waals surface area contributed by atoms with Crippen LogP contribution in [0.4, 0.5) is 0 Å². The Morgan fingerprint density at radius 3 is 2.18 bits per heavy atom. The van der Waals surface area contributed by atoms with Crippen LogP contribution >= 0.6 is 0 Å². The maximum Gasteiger partial charge on any atom is 0.250 e. The average Bonchev–Trinajstić information content (AvgIpc) is 3.24. The van der Waals surface area contributed by atoms with Gasteiger partial charge in [-0.3, -0.25) is 4.79 Å². The van der Waals surface area contributed by atoms with E-state index < -0.39 is 0 Å². The van der Waals surface area contributed by atoms with Gasteiger partial charge in [-0.15, -0.1) is 0 Å². The molecule has 2 fully saturated rings. The normalized spacial score (nSPS) is 19.4. The van der Waals surface area contributed by atoms with E-state index >= 15 is 0 Å². The standard InChI is InChI=1S/C24H32N2O2/c1-18(2)26-17-20(9-12-24(26)27)19-7-10-22(11-8-19)28-23-13-15-25(16-14-23)21-5-3-4-6-21/h7-12,17-18,21,23H,3-6,13-16H2,1-2H3. The van der Waals surface area contributed by atoms with Crippen LogP contribution in [0.2, 0.25) is 0 Å². The van der Waals surface area contributed by atoms with Gasteiger partial charge in [-0.2, -0.15) is 0 Å². The smallest absolute Gasteiger partial charge is 0.250 e. The molecule has 4 nitrogen and oxygen atoms in total. The molecule has 0 radical (unpaired) electrons. The first kappa shape index (κ1) is 19.3. The monoisotopic (exact) mass is 380 g/mol. The maximum absolute atomic E-state index is 12.0. The van der Waals surface area contributed by atoms with Gasteiger partial charge in [0.1, 0.15) is 11.9 Å². The van der Waals surface area contributed by atoms with Crippen molar-refractivity contribution < 1.29 is 4.74 Å². The van der Waals surface area contributed by atoms with E-state index in [-0.39, 0.29) is 11.6 Å². The zero-order valence-electron chi connectivity index (χ0n) is 17.1. The Morgan fingerprint density at radius 2 is 1.54 bits per heavy atom. The molecular formula is C24H32N2O2. The van der Waals surface area contributed by atoms with Crippen LogP contribution in [0.5, 0.6) is 5.75 Å². The van der Waals surface area contributed by atoms with Gasteiger partial charge in [-0.05, 0) is 68.9 Å². The highest BCUT2D eigenvalue weighted by atomic mass is 16.5. The van der Waals surface area contributed by atoms with Gasteiger partial charge in [0.25, 0.3) is 5.56 Å². The van der Waals surface area contributed by atoms with E-state index in [1.165, 1.54) is 38.8 Å². The molecule has 1 aliphatic heterocycles. The molecule has 4 rings (SSSR count). The molecule has 2 heterocycles. The molecule has 2 aromatic rings. The van der Waals surface area contributed by atoms with Gasteiger partial charge >= 0.3 is 0 Å². The van der Waals surface area contributed by atoms with Crippen LogP contribution in [-0.2, 0) is 0 Å². The number of rotatable bonds is 5. The number of hydrogen-bond donors (Lipinski definition) is 0. The quantitative estimate of drug-likeness (QED) is 0.741. The van der Waals surface area contributed by atoms with Crippen molar-refractivity contribution in [2.45, 2.75) is 70.6 Å². The Bertz CT molecular complexity index is 826. The molecule has 0 amide bonds. The van der Waals surface area contributed by atoms with Crippen molar-refractivity contribution in [3.63, 3.8) is 0 Å². The molecule has 1 aromatic carbocycles. The zero-order valence-corrected chi connectivity index (χ0v) is 17.1. The molecular weight excluding hydrogens is 348 g/mol. The maximum atomic E-state index is 12.0. The number of pyridine rings is 1. The largest absolute Gasteiger partial charge is 0.490 e. The highest BCUT2D eigenvalue weighted by Gasteiger charge is 2.27. The molecule has 4 heteroatoms. The highest BCUT2D eigenvalue weighted by Crippen LogP contribution is 2.28. The summed E-state index contributed by atoms with van der Waals surface area (Å²) in [4.78, 5) is 14.6. The molecule has 0 atom stereocenters. The fraction of sp³-hybridized carbons (Fsp3) is 0.542. The first-order valence-electron chi connectivity index (χ1n) is 10.8. The lowest BCUT2D eigenvalue weighted by molar-refractivity contribution is 0.0768. The van der Waals surface area contributed by atoms with Crippen LogP contribution in [0.3, 0.4) is 0 Å². The Balaban J connectivity index is 1.36. The Kier molecular flexibility index (Phi) is 5.86. The van der Waals surface area contributed by atoms with Gasteiger partial charge in [-0.1, -0.05) is 25.0 Å². The van der Waals surface area contributed by atoms with E-state index in [2.05, 4.69) is 29.2 Å². The van der Waals surface area contributed by atoms with E-state index in [0.717, 1.165) is 35.8 Å². The zero-order chi connectivity index (χ0) is 19.5. The fourth-order valence-electron chi connectivity index (χ4n) is 4.62. The van der Waals surface area contributed by atoms with Gasteiger partial charge in [0.05, 0.1) is 0 Å². The molecule has 1 saturated heterocycles. The van der Waals surface area contributed by atoms with Gasteiger partial charge in [0, 0.05) is 37.4 Å². The summed E-state index contributed by atoms with van der Waals surface area (Å²) in [7, 11) is 0. The number of piperidine rings is 1. The number of nitrogens with zero attached hydrogens (tertiary/aromatic N) is 2. The van der Waals surface area contributed by atoms with Crippen LogP contribution in [0.1, 0.15) is 58.4 Å². The van der Waals surface area contributed by atoms with Crippen LogP contribution in [0, 0.1) is 0 Å². The van der Waals surface area contributed by atoms with Gasteiger partial charge in [0.2, 0.25) is 0 Å². The minimum Gasteiger partial charge on any atom is -0.490 e. The summed E-state index contributed by atoms with van der Waals surface area (Å²) in [5.74, 6) is 0.945. The van der Waals surface area contributed by atoms with Crippen molar-refractivity contribution >= 4 is 0 Å². The predicted molar refractivity (Wildman–Crippen MR) is 114 cm³/mol. The molecule has 0 bridgehead atoms. The summed E-state index contributed by atoms with van der Waals surface area (Å²) >= 11 is 0. The fourth-order valence-corrected chi connectivity index (χ4v) is 4.62. The van der Waals surface area contributed by atoms with E-state index in [4.69, 9.17) is 4.74 Å². The minimum absolute atomic E-state index is 0.0441. The number of aromatic nitrogens is 1. The van der Waals surface area contributed by atoms with Crippen molar-refractivity contribution in [3.05, 3.63) is 52.9 Å². The summed E-state index contributed by atoms with van der Waals surface area (Å²) < 4.78 is 8.03. The summed E-state index contributed by atoms with van der Waals surface area (Å²) in [6.45, 7) is 6.40. The van der Waals surface area contributed by atoms with Crippen LogP contribution in [0.15, 0.2) is 47.4 Å². The molecule has 1 aliphatic carbocycles. The Labute approximate surface area is 168 Å². The van der Waals surface area contributed by atoms with Gasteiger partial charge in [0.15, 0.2) is 0 Å². The molecule has 2 aliphatic rings. The summed E-state index contributed by atoms with van der Waals surface area (Å²) in [5.41, 5.74) is 2.21. The second-order valence-electron chi connectivity index (χ2n) is 8.57. The van der Waals surface area contributed by atoms with E-state index in [0.29, 0.717) is 6.10 Å². The van der Waals surface area contributed by atoms with Crippen molar-refractivity contribution in [3.8, 4) is 16.9 Å². The van der Waals surface area contributed by atoms with Crippen LogP contribution in [0.25, 0.3) is 11.1 Å². The number of ether oxygens (including phenoxy) is 1. The summed E-state index contributed by atoms with van der Waals surface area (Å²) in [5, 5.41) is 0. The van der Waals surface area contributed by atoms with Crippen molar-refractivity contribution in [1.82, 2.24) is 9.47 Å². The molecule has 1 saturated carbocycles. The SMILES string of the molecule is CC(C)n1cc(-c2ccc(OC3CCN(C4CCCC4)CC3)cc2)ccc1=O. The molecule has 150 valence electrons. The summed E-state index contributed by atoms with van der Waals surface area (Å²) in [6, 6.07) is 12.8. The average molecular weight is 381 g/mol. The first-order valence-corrected chi connectivity index (χ1v) is 10.8. The number of likely N-dealkylation sites (tertiary alicyclic amines) is 1. The lowest BCUT2D eigenvalue weighted by atomic mass is 10.0. The lowest BCUT2D eigenvalue weighted by Gasteiger charge is -2.36. The second kappa shape index (κ2) is 8.52. The van der Waals surface area contributed by atoms with Gasteiger partial charge < -0.3 is 14.2 Å². The third kappa shape index (κ3) is 4.33. The molecule has 1 aromatic heterocycles. The molecule has 28 heavy (non-hydrogen) atoms. The van der Waals surface area contributed by atoms with Crippen LogP contribution in [-0.4, -0.2) is 34.7 Å². The van der Waals surface area contributed by atoms with Crippen molar-refractivity contribution in [1.29, 1.82) is 0 Å². The second-order valence-corrected chi connectivity index (χ2v) is 8.57. The molecule has 0 unspecified atom stereocenters. The van der Waals surface area contributed by atoms with Gasteiger partial charge in [-0.25, -0.2) is 0 Å². The minimum atomic E-state index is 0.0441. The first-order chi connectivity index (χ1) is 13.6. The Hall–Kier alpha value is -2.07. The van der Waals surface area contributed by atoms with Crippen molar-refractivity contribution in [2.24, 2.45) is 0 Å². The van der Waals surface area contributed by atoms with Crippen LogP contribution < -0.4 is 10.3 Å². The third-order valence-corrected chi connectivity index (χ3v) is 6.30. The molecule has 0 spiro atoms. The lowest BCUT2D eigenvalue weighted by Crippen LogP contribution is -2.43. The number of hydrogen-bond acceptors (Lipinski definition) is 3. The summed E-state index contributed by atoms with van der Waals surface area (Å²) in [6.07, 6.45) is 10.1. The van der Waals surface area contributed by atoms with E-state index in [9.17, 15) is 4.79 Å². The van der Waals surface area contributed by atoms with E-state index in [1.54, 1.807) is 10.6 Å². The highest BCUT2D eigenvalue weighted by molar-refractivity contribution is 5.63. The molecule has 0 N–H and O–H groups in total. The predicted octanol–water partition coefficient (Wildman–Crippen LogP) is 4.88.